The SMILES string of the molecule is CC(C)(C)C(SSCCN)C(SSCCN)C(SSCCN)C(C)(C)C.CCC(COCCCNC(=O)CCSSCCNC(=O)OCC1c2ccccc2-c2ccccc21)OP(OCCC#N)N(C(C)C)C(C)C. The molecule has 0 saturated heterocycles. The van der Waals surface area contributed by atoms with Crippen LogP contribution in [0.5, 0.6) is 0 Å². The first kappa shape index (κ1) is 70.7. The van der Waals surface area contributed by atoms with Gasteiger partial charge < -0.3 is 46.4 Å². The van der Waals surface area contributed by atoms with E-state index in [2.05, 4.69) is 122 Å². The van der Waals surface area contributed by atoms with Crippen molar-refractivity contribution in [2.24, 2.45) is 28.0 Å². The van der Waals surface area contributed by atoms with Crippen molar-refractivity contribution in [2.75, 3.05) is 87.9 Å². The molecule has 428 valence electrons. The summed E-state index contributed by atoms with van der Waals surface area (Å²) in [5.41, 5.74) is 22.4. The molecular weight excluding hydrogens is 1120 g/mol. The van der Waals surface area contributed by atoms with E-state index in [4.69, 9.17) is 41.0 Å². The van der Waals surface area contributed by atoms with Crippen LogP contribution in [0.15, 0.2) is 48.5 Å². The van der Waals surface area contributed by atoms with Gasteiger partial charge in [0.15, 0.2) is 0 Å². The van der Waals surface area contributed by atoms with Crippen molar-refractivity contribution in [3.05, 3.63) is 59.7 Å². The number of amides is 2. The number of ether oxygens (including phenoxy) is 2. The van der Waals surface area contributed by atoms with E-state index in [1.54, 1.807) is 21.6 Å². The van der Waals surface area contributed by atoms with Gasteiger partial charge in [-0.05, 0) is 73.6 Å². The number of hydrogen-bond acceptors (Lipinski definition) is 19. The molecule has 8 N–H and O–H groups in total. The predicted octanol–water partition coefficient (Wildman–Crippen LogP) is 13.1. The second-order valence-electron chi connectivity index (χ2n) is 20.3. The summed E-state index contributed by atoms with van der Waals surface area (Å²) in [5, 5.41) is 16.3. The molecule has 2 amide bonds. The summed E-state index contributed by atoms with van der Waals surface area (Å²) in [7, 11) is 13.8. The average molecular weight is 1210 g/mol. The molecule has 75 heavy (non-hydrogen) atoms. The molecule has 13 nitrogen and oxygen atoms in total. The van der Waals surface area contributed by atoms with Gasteiger partial charge in [-0.2, -0.15) is 5.26 Å². The van der Waals surface area contributed by atoms with Gasteiger partial charge in [0.25, 0.3) is 8.53 Å². The Balaban J connectivity index is 0.000000626. The first-order valence-corrected chi connectivity index (χ1v) is 37.0. The van der Waals surface area contributed by atoms with E-state index in [1.165, 1.54) is 22.3 Å². The maximum absolute atomic E-state index is 12.3. The van der Waals surface area contributed by atoms with Crippen LogP contribution in [0.4, 0.5) is 4.79 Å². The molecule has 0 aromatic heterocycles. The summed E-state index contributed by atoms with van der Waals surface area (Å²) < 4.78 is 26.0. The Morgan fingerprint density at radius 2 is 1.27 bits per heavy atom. The highest BCUT2D eigenvalue weighted by Gasteiger charge is 2.43. The second-order valence-corrected chi connectivity index (χ2v) is 32.3. The molecule has 2 aromatic carbocycles. The molecular formula is C53H92N7O6PS8. The first-order valence-electron chi connectivity index (χ1n) is 26.2. The Labute approximate surface area is 486 Å². The van der Waals surface area contributed by atoms with Crippen LogP contribution in [0.3, 0.4) is 0 Å². The lowest BCUT2D eigenvalue weighted by Gasteiger charge is -2.43. The Hall–Kier alpha value is -0.380. The molecule has 0 heterocycles. The molecule has 3 rings (SSSR count). The Morgan fingerprint density at radius 3 is 1.77 bits per heavy atom. The number of nitrogens with one attached hydrogen (secondary N) is 2. The fourth-order valence-corrected chi connectivity index (χ4v) is 22.2. The van der Waals surface area contributed by atoms with E-state index in [0.717, 1.165) is 49.1 Å². The minimum atomic E-state index is -1.31. The van der Waals surface area contributed by atoms with Gasteiger partial charge in [0, 0.05) is 108 Å². The number of carbonyl (C=O) groups excluding carboxylic acids is 2. The lowest BCUT2D eigenvalue weighted by molar-refractivity contribution is -0.120. The number of hydrogen-bond donors (Lipinski definition) is 5. The molecule has 0 saturated carbocycles. The zero-order chi connectivity index (χ0) is 55.7. The highest BCUT2D eigenvalue weighted by Crippen LogP contribution is 2.54. The third-order valence-electron chi connectivity index (χ3n) is 11.2. The van der Waals surface area contributed by atoms with E-state index < -0.39 is 14.6 Å². The van der Waals surface area contributed by atoms with Crippen LogP contribution in [0.25, 0.3) is 11.1 Å². The van der Waals surface area contributed by atoms with Gasteiger partial charge in [-0.15, -0.1) is 0 Å². The number of rotatable bonds is 38. The molecule has 1 aliphatic rings. The zero-order valence-electron chi connectivity index (χ0n) is 46.7. The smallest absolute Gasteiger partial charge is 0.407 e. The number of nitriles is 1. The number of carbonyl (C=O) groups is 2. The maximum Gasteiger partial charge on any atom is 0.407 e. The molecule has 2 aromatic rings. The van der Waals surface area contributed by atoms with Crippen molar-refractivity contribution in [3.8, 4) is 17.2 Å². The summed E-state index contributed by atoms with van der Waals surface area (Å²) in [4.78, 5) is 24.6. The minimum absolute atomic E-state index is 0.0160. The Morgan fingerprint density at radius 1 is 0.733 bits per heavy atom. The van der Waals surface area contributed by atoms with Crippen molar-refractivity contribution in [3.63, 3.8) is 0 Å². The van der Waals surface area contributed by atoms with Crippen molar-refractivity contribution < 1.29 is 28.1 Å². The summed E-state index contributed by atoms with van der Waals surface area (Å²) >= 11 is 0. The summed E-state index contributed by atoms with van der Waals surface area (Å²) in [6, 6.07) is 19.2. The zero-order valence-corrected chi connectivity index (χ0v) is 54.1. The topological polar surface area (TPSA) is 200 Å². The maximum atomic E-state index is 12.3. The van der Waals surface area contributed by atoms with Gasteiger partial charge in [0.2, 0.25) is 5.91 Å². The summed E-state index contributed by atoms with van der Waals surface area (Å²) in [5.74, 6) is 4.47. The van der Waals surface area contributed by atoms with Gasteiger partial charge in [0.1, 0.15) is 6.61 Å². The fraction of sp³-hybridized carbons (Fsp3) is 0.717. The average Bonchev–Trinajstić information content (AvgIpc) is 3.68. The lowest BCUT2D eigenvalue weighted by Crippen LogP contribution is -2.44. The Kier molecular flexibility index (Phi) is 38.4. The van der Waals surface area contributed by atoms with Gasteiger partial charge in [-0.25, -0.2) is 9.46 Å². The van der Waals surface area contributed by atoms with E-state index in [-0.39, 0.29) is 40.8 Å². The monoisotopic (exact) mass is 1210 g/mol. The number of nitrogens with zero attached hydrogens (tertiary/aromatic N) is 2. The van der Waals surface area contributed by atoms with Crippen molar-refractivity contribution in [1.29, 1.82) is 5.26 Å². The highest BCUT2D eigenvalue weighted by atomic mass is 33.1. The highest BCUT2D eigenvalue weighted by molar-refractivity contribution is 8.79. The molecule has 0 aliphatic heterocycles. The normalized spacial score (nSPS) is 14.6. The Bertz CT molecular complexity index is 1820. The lowest BCUT2D eigenvalue weighted by atomic mass is 9.82. The molecule has 0 spiro atoms. The number of benzene rings is 2. The van der Waals surface area contributed by atoms with Gasteiger partial charge in [-0.3, -0.25) is 4.79 Å². The largest absolute Gasteiger partial charge is 0.449 e. The van der Waals surface area contributed by atoms with Crippen LogP contribution in [-0.4, -0.2) is 139 Å². The van der Waals surface area contributed by atoms with Crippen LogP contribution in [0.1, 0.15) is 119 Å². The molecule has 4 unspecified atom stereocenters. The summed E-state index contributed by atoms with van der Waals surface area (Å²) in [6.45, 7) is 29.6. The van der Waals surface area contributed by atoms with Gasteiger partial charge in [0.05, 0.1) is 31.8 Å². The van der Waals surface area contributed by atoms with E-state index in [0.29, 0.717) is 80.3 Å². The van der Waals surface area contributed by atoms with Crippen molar-refractivity contribution in [1.82, 2.24) is 15.3 Å². The van der Waals surface area contributed by atoms with Gasteiger partial charge >= 0.3 is 6.09 Å². The fourth-order valence-electron chi connectivity index (χ4n) is 7.60. The predicted molar refractivity (Wildman–Crippen MR) is 339 cm³/mol. The number of nitrogens with two attached hydrogens (primary N) is 3. The van der Waals surface area contributed by atoms with Gasteiger partial charge in [-0.1, -0.05) is 183 Å². The van der Waals surface area contributed by atoms with Crippen molar-refractivity contribution in [2.45, 2.75) is 142 Å². The van der Waals surface area contributed by atoms with Crippen LogP contribution in [-0.2, 0) is 23.3 Å². The van der Waals surface area contributed by atoms with E-state index in [1.807, 2.05) is 89.0 Å². The molecule has 1 aliphatic carbocycles. The molecule has 0 radical (unpaired) electrons. The number of fused-ring (bicyclic) bond motifs is 3. The first-order chi connectivity index (χ1) is 35.9. The number of alkyl carbamates (subject to hydrolysis) is 1. The molecule has 0 bridgehead atoms. The van der Waals surface area contributed by atoms with Crippen LogP contribution >= 0.6 is 94.9 Å². The third kappa shape index (κ3) is 28.2. The second kappa shape index (κ2) is 40.7. The van der Waals surface area contributed by atoms with Crippen LogP contribution in [0.2, 0.25) is 0 Å². The van der Waals surface area contributed by atoms with Crippen molar-refractivity contribution >= 4 is 107 Å². The summed E-state index contributed by atoms with van der Waals surface area (Å²) in [6.07, 6.45) is 1.72. The molecule has 0 fully saturated rings. The van der Waals surface area contributed by atoms with E-state index in [9.17, 15) is 9.59 Å². The van der Waals surface area contributed by atoms with E-state index >= 15 is 0 Å². The molecule has 22 heteroatoms. The standard InChI is InChI=1S/C36H53N4O6PS2.C17H39N3S6/c1-6-29(46-47(45-22-11-18-37)40(27(2)3)28(4)5)25-43-21-12-19-38-35(41)17-23-48-49-24-20-39-36(42)44-26-34-32-15-9-7-13-30(32)31-14-8-10-16-33(31)34;1-16(2,3)14(25-22-11-8-19)13(24-21-10-7-18)15(17(4,5)6)26-23-12-9-20/h7-10,13-16,27-29,34H,6,11-12,17,19-26H2,1-5H3,(H,38,41)(H,39,42);13-15H,7-12,18-20H2,1-6H3. The minimum Gasteiger partial charge on any atom is -0.449 e. The quantitative estimate of drug-likeness (QED) is 0.0241. The third-order valence-corrected chi connectivity index (χ3v) is 25.5. The molecule has 4 atom stereocenters. The van der Waals surface area contributed by atoms with Crippen LogP contribution in [0, 0.1) is 22.2 Å². The van der Waals surface area contributed by atoms with Crippen LogP contribution < -0.4 is 27.8 Å².